The first kappa shape index (κ1) is 31.4. The van der Waals surface area contributed by atoms with E-state index in [0.717, 1.165) is 40.8 Å². The fraction of sp³-hybridized carbons (Fsp3) is 0.472. The molecule has 0 bridgehead atoms. The van der Waals surface area contributed by atoms with Crippen molar-refractivity contribution in [3.63, 3.8) is 0 Å². The molecule has 6 nitrogen and oxygen atoms in total. The van der Waals surface area contributed by atoms with Crippen molar-refractivity contribution in [1.29, 1.82) is 0 Å². The Balaban J connectivity index is 1.56. The van der Waals surface area contributed by atoms with Crippen LogP contribution in [0.3, 0.4) is 0 Å². The second-order valence-corrected chi connectivity index (χ2v) is 14.1. The molecular weight excluding hydrogens is 562 g/mol. The molecular formula is C36H44ClNO5. The number of carbonyl (C=O) groups excluding carboxylic acids is 1. The Hall–Kier alpha value is -3.06. The Bertz CT molecular complexity index is 1460. The minimum atomic E-state index is -1.06. The molecule has 1 saturated heterocycles. The fourth-order valence-electron chi connectivity index (χ4n) is 7.01. The summed E-state index contributed by atoms with van der Waals surface area (Å²) in [5.41, 5.74) is 2.64. The molecule has 2 atom stereocenters. The molecule has 1 N–H and O–H groups in total. The Labute approximate surface area is 260 Å². The predicted octanol–water partition coefficient (Wildman–Crippen LogP) is 8.01. The van der Waals surface area contributed by atoms with Crippen molar-refractivity contribution >= 4 is 23.2 Å². The quantitative estimate of drug-likeness (QED) is 0.295. The van der Waals surface area contributed by atoms with Crippen LogP contribution in [0.25, 0.3) is 0 Å². The average Bonchev–Trinajstić information content (AvgIpc) is 2.91. The first-order valence-corrected chi connectivity index (χ1v) is 15.5. The number of halogens is 1. The summed E-state index contributed by atoms with van der Waals surface area (Å²) in [5.74, 6) is 1.23. The molecule has 2 heterocycles. The van der Waals surface area contributed by atoms with E-state index < -0.39 is 11.6 Å². The van der Waals surface area contributed by atoms with E-state index in [1.807, 2.05) is 86.3 Å². The summed E-state index contributed by atoms with van der Waals surface area (Å²) in [6, 6.07) is 18.9. The number of anilines is 1. The van der Waals surface area contributed by atoms with E-state index in [1.54, 1.807) is 7.11 Å². The molecule has 3 aromatic rings. The first-order valence-electron chi connectivity index (χ1n) is 15.1. The van der Waals surface area contributed by atoms with Crippen LogP contribution in [-0.4, -0.2) is 35.4 Å². The van der Waals surface area contributed by atoms with Crippen LogP contribution in [0.5, 0.6) is 11.5 Å². The van der Waals surface area contributed by atoms with Gasteiger partial charge in [0.1, 0.15) is 0 Å². The Morgan fingerprint density at radius 3 is 2.14 bits per heavy atom. The molecule has 230 valence electrons. The van der Waals surface area contributed by atoms with Gasteiger partial charge >= 0.3 is 0 Å². The van der Waals surface area contributed by atoms with Gasteiger partial charge in [-0.1, -0.05) is 35.9 Å². The topological polar surface area (TPSA) is 68.2 Å². The highest BCUT2D eigenvalue weighted by atomic mass is 35.5. The molecule has 2 aliphatic heterocycles. The third-order valence-electron chi connectivity index (χ3n) is 8.69. The lowest BCUT2D eigenvalue weighted by Gasteiger charge is -2.49. The van der Waals surface area contributed by atoms with E-state index >= 15 is 0 Å². The van der Waals surface area contributed by atoms with Crippen LogP contribution >= 0.6 is 11.6 Å². The number of ether oxygens (including phenoxy) is 3. The zero-order valence-corrected chi connectivity index (χ0v) is 27.3. The van der Waals surface area contributed by atoms with Crippen LogP contribution < -0.4 is 14.4 Å². The van der Waals surface area contributed by atoms with Crippen LogP contribution in [0.2, 0.25) is 5.02 Å². The van der Waals surface area contributed by atoms with Crippen LogP contribution in [0, 0.1) is 5.92 Å². The molecule has 7 heteroatoms. The molecule has 0 aliphatic carbocycles. The number of rotatable bonds is 7. The zero-order chi connectivity index (χ0) is 31.3. The minimum Gasteiger partial charge on any atom is -0.493 e. The molecule has 3 aromatic carbocycles. The maximum Gasteiger partial charge on any atom is 0.232 e. The third-order valence-corrected chi connectivity index (χ3v) is 8.94. The molecule has 0 unspecified atom stereocenters. The van der Waals surface area contributed by atoms with Gasteiger partial charge in [0.05, 0.1) is 42.5 Å². The van der Waals surface area contributed by atoms with Gasteiger partial charge in [-0.25, -0.2) is 0 Å². The predicted molar refractivity (Wildman–Crippen MR) is 171 cm³/mol. The number of aliphatic hydroxyl groups is 1. The van der Waals surface area contributed by atoms with Crippen LogP contribution in [0.15, 0.2) is 60.7 Å². The third kappa shape index (κ3) is 6.43. The molecule has 1 fully saturated rings. The van der Waals surface area contributed by atoms with Gasteiger partial charge in [0.25, 0.3) is 0 Å². The van der Waals surface area contributed by atoms with Crippen molar-refractivity contribution in [3.05, 3.63) is 87.9 Å². The van der Waals surface area contributed by atoms with Gasteiger partial charge in [-0.3, -0.25) is 4.79 Å². The summed E-state index contributed by atoms with van der Waals surface area (Å²) in [4.78, 5) is 15.8. The molecule has 0 spiro atoms. The SMILES string of the molecule is COc1cc2c(cc1OC(C)C)[C@H](c1ccc(Cl)cc1)N(c1ccc([C@@](C)(O)C3CC(C)(C)OC(C)(C)C3)cc1)C(=O)C2. The molecule has 2 aliphatic rings. The standard InChI is InChI=1S/C36H44ClNO5/c1-22(2)42-31-19-29-24(17-30(31)41-8)18-32(39)38(33(29)23-9-13-27(37)14-10-23)28-15-11-25(12-16-28)36(7,40)26-20-34(3,4)43-35(5,6)21-26/h9-17,19,22,26,33,40H,18,20-21H2,1-8H3/t33-,36+/m0/s1. The highest BCUT2D eigenvalue weighted by Gasteiger charge is 2.47. The number of amides is 1. The largest absolute Gasteiger partial charge is 0.493 e. The highest BCUT2D eigenvalue weighted by molar-refractivity contribution is 6.30. The number of hydrogen-bond donors (Lipinski definition) is 1. The molecule has 5 rings (SSSR count). The minimum absolute atomic E-state index is 0.0109. The molecule has 0 aromatic heterocycles. The summed E-state index contributed by atoms with van der Waals surface area (Å²) in [5, 5.41) is 12.5. The van der Waals surface area contributed by atoms with Crippen LogP contribution in [0.1, 0.15) is 89.6 Å². The van der Waals surface area contributed by atoms with E-state index in [0.29, 0.717) is 16.5 Å². The smallest absolute Gasteiger partial charge is 0.232 e. The van der Waals surface area contributed by atoms with Crippen LogP contribution in [-0.2, 0) is 21.6 Å². The Morgan fingerprint density at radius 1 is 0.977 bits per heavy atom. The van der Waals surface area contributed by atoms with Crippen molar-refractivity contribution in [2.75, 3.05) is 12.0 Å². The number of hydrogen-bond acceptors (Lipinski definition) is 5. The lowest BCUT2D eigenvalue weighted by atomic mass is 9.70. The maximum absolute atomic E-state index is 13.9. The number of fused-ring (bicyclic) bond motifs is 1. The summed E-state index contributed by atoms with van der Waals surface area (Å²) in [6.45, 7) is 14.2. The monoisotopic (exact) mass is 605 g/mol. The van der Waals surface area contributed by atoms with E-state index in [2.05, 4.69) is 27.7 Å². The highest BCUT2D eigenvalue weighted by Crippen LogP contribution is 2.48. The summed E-state index contributed by atoms with van der Waals surface area (Å²) >= 11 is 6.27. The molecule has 0 saturated carbocycles. The van der Waals surface area contributed by atoms with Crippen molar-refractivity contribution in [1.82, 2.24) is 0 Å². The van der Waals surface area contributed by atoms with Crippen molar-refractivity contribution in [2.45, 2.75) is 96.7 Å². The van der Waals surface area contributed by atoms with Crippen molar-refractivity contribution < 1.29 is 24.1 Å². The van der Waals surface area contributed by atoms with E-state index in [1.165, 1.54) is 0 Å². The van der Waals surface area contributed by atoms with Gasteiger partial charge in [-0.15, -0.1) is 0 Å². The lowest BCUT2D eigenvalue weighted by molar-refractivity contribution is -0.201. The normalized spacial score (nSPS) is 21.3. The second-order valence-electron chi connectivity index (χ2n) is 13.7. The van der Waals surface area contributed by atoms with Crippen molar-refractivity contribution in [3.8, 4) is 11.5 Å². The van der Waals surface area contributed by atoms with E-state index in [9.17, 15) is 9.90 Å². The second kappa shape index (κ2) is 11.5. The number of nitrogens with zero attached hydrogens (tertiary/aromatic N) is 1. The average molecular weight is 606 g/mol. The maximum atomic E-state index is 13.9. The first-order chi connectivity index (χ1) is 20.1. The molecule has 43 heavy (non-hydrogen) atoms. The lowest BCUT2D eigenvalue weighted by Crippen LogP contribution is -2.50. The number of carbonyl (C=O) groups is 1. The Kier molecular flexibility index (Phi) is 8.36. The van der Waals surface area contributed by atoms with Gasteiger partial charge in [0, 0.05) is 10.7 Å². The zero-order valence-electron chi connectivity index (χ0n) is 26.5. The van der Waals surface area contributed by atoms with Gasteiger partial charge in [0.15, 0.2) is 11.5 Å². The fourth-order valence-corrected chi connectivity index (χ4v) is 7.14. The number of benzene rings is 3. The Morgan fingerprint density at radius 2 is 1.58 bits per heavy atom. The molecule has 0 radical (unpaired) electrons. The van der Waals surface area contributed by atoms with Gasteiger partial charge in [-0.05, 0) is 126 Å². The number of methoxy groups -OCH3 is 1. The van der Waals surface area contributed by atoms with E-state index in [-0.39, 0.29) is 35.6 Å². The van der Waals surface area contributed by atoms with E-state index in [4.69, 9.17) is 25.8 Å². The van der Waals surface area contributed by atoms with Gasteiger partial charge < -0.3 is 24.2 Å². The summed E-state index contributed by atoms with van der Waals surface area (Å²) in [6.07, 6.45) is 1.67. The van der Waals surface area contributed by atoms with Gasteiger partial charge in [-0.2, -0.15) is 0 Å². The summed E-state index contributed by atoms with van der Waals surface area (Å²) < 4.78 is 18.1. The van der Waals surface area contributed by atoms with Gasteiger partial charge in [0.2, 0.25) is 5.91 Å². The summed E-state index contributed by atoms with van der Waals surface area (Å²) in [7, 11) is 1.61. The van der Waals surface area contributed by atoms with Crippen LogP contribution in [0.4, 0.5) is 5.69 Å². The van der Waals surface area contributed by atoms with Crippen molar-refractivity contribution in [2.24, 2.45) is 5.92 Å². The molecule has 1 amide bonds.